The van der Waals surface area contributed by atoms with E-state index in [0.29, 0.717) is 32.7 Å². The van der Waals surface area contributed by atoms with E-state index in [-0.39, 0.29) is 10.8 Å². The molecule has 0 rings (SSSR count). The highest BCUT2D eigenvalue weighted by Crippen LogP contribution is 2.20. The van der Waals surface area contributed by atoms with Gasteiger partial charge in [-0.2, -0.15) is 0 Å². The normalized spacial score (nSPS) is 15.1. The van der Waals surface area contributed by atoms with Gasteiger partial charge in [0, 0.05) is 131 Å². The molecule has 0 aromatic carbocycles. The van der Waals surface area contributed by atoms with Crippen molar-refractivity contribution in [2.75, 3.05) is 144 Å². The van der Waals surface area contributed by atoms with Gasteiger partial charge < -0.3 is 54.8 Å². The number of hydrogen-bond acceptors (Lipinski definition) is 12. The lowest BCUT2D eigenvalue weighted by Crippen LogP contribution is -2.46. The van der Waals surface area contributed by atoms with Crippen molar-refractivity contribution in [3.05, 3.63) is 0 Å². The van der Waals surface area contributed by atoms with Gasteiger partial charge in [-0.05, 0) is 36.8 Å². The minimum absolute atomic E-state index is 0.143. The van der Waals surface area contributed by atoms with Crippen LogP contribution in [0.3, 0.4) is 0 Å². The molecule has 0 aromatic heterocycles. The lowest BCUT2D eigenvalue weighted by atomic mass is 9.87. The van der Waals surface area contributed by atoms with Crippen LogP contribution in [0.1, 0.15) is 40.5 Å². The number of nitrogens with zero attached hydrogens (tertiary/aromatic N) is 3. The van der Waals surface area contributed by atoms with Crippen LogP contribution in [0, 0.1) is 10.8 Å². The molecule has 0 radical (unpaired) electrons. The van der Waals surface area contributed by atoms with E-state index < -0.39 is 0 Å². The third kappa shape index (κ3) is 21.3. The van der Waals surface area contributed by atoms with Crippen LogP contribution in [-0.4, -0.2) is 159 Å². The molecule has 0 amide bonds. The van der Waals surface area contributed by atoms with Crippen molar-refractivity contribution in [3.63, 3.8) is 0 Å². The van der Waals surface area contributed by atoms with Crippen molar-refractivity contribution in [3.8, 4) is 0 Å². The molecular formula is C30H74N12. The van der Waals surface area contributed by atoms with Crippen LogP contribution in [0.25, 0.3) is 0 Å². The summed E-state index contributed by atoms with van der Waals surface area (Å²) < 4.78 is 0. The monoisotopic (exact) mass is 603 g/mol. The van der Waals surface area contributed by atoms with Crippen LogP contribution in [-0.2, 0) is 0 Å². The quantitative estimate of drug-likeness (QED) is 0.0382. The zero-order valence-corrected chi connectivity index (χ0v) is 28.2. The van der Waals surface area contributed by atoms with Gasteiger partial charge in [-0.3, -0.25) is 9.80 Å². The highest BCUT2D eigenvalue weighted by atomic mass is 15.2. The summed E-state index contributed by atoms with van der Waals surface area (Å²) in [7, 11) is 0. The van der Waals surface area contributed by atoms with E-state index in [9.17, 15) is 0 Å². The first-order valence-electron chi connectivity index (χ1n) is 16.8. The Labute approximate surface area is 260 Å². The van der Waals surface area contributed by atoms with Crippen LogP contribution in [0.5, 0.6) is 0 Å². The van der Waals surface area contributed by atoms with Gasteiger partial charge in [0.1, 0.15) is 0 Å². The average molecular weight is 603 g/mol. The van der Waals surface area contributed by atoms with E-state index in [1.165, 1.54) is 0 Å². The number of nitrogens with two attached hydrogens (primary N) is 5. The SMILES string of the molecule is CCC(C)(CN)CNCCN(CCNCCN)CCN(CCNCCN)CCNCCN(CCN)CC(C)(CC)CN. The van der Waals surface area contributed by atoms with Crippen LogP contribution in [0.4, 0.5) is 0 Å². The number of nitrogens with one attached hydrogen (secondary N) is 4. The predicted molar refractivity (Wildman–Crippen MR) is 183 cm³/mol. The Kier molecular flexibility index (Phi) is 26.6. The molecule has 0 aliphatic heterocycles. The van der Waals surface area contributed by atoms with Crippen molar-refractivity contribution in [2.45, 2.75) is 40.5 Å². The summed E-state index contributed by atoms with van der Waals surface area (Å²) in [5.74, 6) is 0. The molecule has 254 valence electrons. The van der Waals surface area contributed by atoms with Crippen molar-refractivity contribution >= 4 is 0 Å². The molecule has 0 heterocycles. The van der Waals surface area contributed by atoms with Crippen molar-refractivity contribution in [1.82, 2.24) is 36.0 Å². The first-order chi connectivity index (χ1) is 20.2. The fourth-order valence-corrected chi connectivity index (χ4v) is 4.76. The Hall–Kier alpha value is -0.480. The predicted octanol–water partition coefficient (Wildman–Crippen LogP) is -2.12. The Morgan fingerprint density at radius 3 is 1.24 bits per heavy atom. The van der Waals surface area contributed by atoms with E-state index in [1.807, 2.05) is 0 Å². The molecule has 12 nitrogen and oxygen atoms in total. The molecular weight excluding hydrogens is 528 g/mol. The number of rotatable bonds is 32. The maximum atomic E-state index is 6.07. The summed E-state index contributed by atoms with van der Waals surface area (Å²) in [6, 6.07) is 0. The van der Waals surface area contributed by atoms with E-state index in [0.717, 1.165) is 124 Å². The molecule has 2 atom stereocenters. The average Bonchev–Trinajstić information content (AvgIpc) is 3.00. The third-order valence-corrected chi connectivity index (χ3v) is 8.69. The van der Waals surface area contributed by atoms with Crippen molar-refractivity contribution < 1.29 is 0 Å². The van der Waals surface area contributed by atoms with Crippen molar-refractivity contribution in [1.29, 1.82) is 0 Å². The second-order valence-corrected chi connectivity index (χ2v) is 12.5. The molecule has 0 saturated carbocycles. The second-order valence-electron chi connectivity index (χ2n) is 12.5. The summed E-state index contributed by atoms with van der Waals surface area (Å²) >= 11 is 0. The Morgan fingerprint density at radius 2 is 0.857 bits per heavy atom. The summed E-state index contributed by atoms with van der Waals surface area (Å²) in [6.45, 7) is 28.8. The molecule has 0 saturated heterocycles. The Balaban J connectivity index is 4.87. The third-order valence-electron chi connectivity index (χ3n) is 8.69. The van der Waals surface area contributed by atoms with Gasteiger partial charge in [-0.1, -0.05) is 27.7 Å². The minimum atomic E-state index is 0.143. The van der Waals surface area contributed by atoms with Gasteiger partial charge in [0.25, 0.3) is 0 Å². The van der Waals surface area contributed by atoms with E-state index in [2.05, 4.69) is 63.7 Å². The first-order valence-corrected chi connectivity index (χ1v) is 16.8. The molecule has 2 unspecified atom stereocenters. The lowest BCUT2D eigenvalue weighted by molar-refractivity contribution is 0.166. The van der Waals surface area contributed by atoms with E-state index in [1.54, 1.807) is 0 Å². The van der Waals surface area contributed by atoms with Crippen LogP contribution >= 0.6 is 0 Å². The summed E-state index contributed by atoms with van der Waals surface area (Å²) in [5, 5.41) is 14.3. The van der Waals surface area contributed by atoms with Crippen LogP contribution in [0.15, 0.2) is 0 Å². The fraction of sp³-hybridized carbons (Fsp3) is 1.00. The Bertz CT molecular complexity index is 574. The summed E-state index contributed by atoms with van der Waals surface area (Å²) in [6.07, 6.45) is 2.16. The lowest BCUT2D eigenvalue weighted by Gasteiger charge is -2.34. The van der Waals surface area contributed by atoms with Crippen LogP contribution in [0.2, 0.25) is 0 Å². The smallest absolute Gasteiger partial charge is 0.0110 e. The molecule has 0 aliphatic carbocycles. The standard InChI is InChI=1S/C30H74N12/c1-5-29(3,25-34)27-39-16-21-41(19-13-37-11-8-32)24-23-40(18-12-36-10-7-31)20-14-38-15-22-42(17-9-33)28-30(4,6-2)26-35/h36-39H,5-28,31-35H2,1-4H3. The first kappa shape index (κ1) is 41.5. The maximum Gasteiger partial charge on any atom is 0.0110 e. The van der Waals surface area contributed by atoms with E-state index in [4.69, 9.17) is 28.7 Å². The second kappa shape index (κ2) is 26.9. The number of hydrogen-bond donors (Lipinski definition) is 9. The molecule has 0 fully saturated rings. The highest BCUT2D eigenvalue weighted by molar-refractivity contribution is 4.79. The maximum absolute atomic E-state index is 6.07. The van der Waals surface area contributed by atoms with Gasteiger partial charge in [-0.25, -0.2) is 0 Å². The molecule has 42 heavy (non-hydrogen) atoms. The fourth-order valence-electron chi connectivity index (χ4n) is 4.76. The summed E-state index contributed by atoms with van der Waals surface area (Å²) in [5.41, 5.74) is 29.7. The molecule has 0 spiro atoms. The minimum Gasteiger partial charge on any atom is -0.330 e. The van der Waals surface area contributed by atoms with Gasteiger partial charge >= 0.3 is 0 Å². The topological polar surface area (TPSA) is 188 Å². The molecule has 14 N–H and O–H groups in total. The van der Waals surface area contributed by atoms with Crippen molar-refractivity contribution in [2.24, 2.45) is 39.5 Å². The molecule has 0 aromatic rings. The zero-order chi connectivity index (χ0) is 31.5. The highest BCUT2D eigenvalue weighted by Gasteiger charge is 2.23. The van der Waals surface area contributed by atoms with Gasteiger partial charge in [0.05, 0.1) is 0 Å². The van der Waals surface area contributed by atoms with Gasteiger partial charge in [-0.15, -0.1) is 0 Å². The zero-order valence-electron chi connectivity index (χ0n) is 28.2. The largest absolute Gasteiger partial charge is 0.330 e. The van der Waals surface area contributed by atoms with Crippen LogP contribution < -0.4 is 49.9 Å². The molecule has 12 heteroatoms. The molecule has 0 bridgehead atoms. The Morgan fingerprint density at radius 1 is 0.452 bits per heavy atom. The van der Waals surface area contributed by atoms with E-state index >= 15 is 0 Å². The molecule has 0 aliphatic rings. The van der Waals surface area contributed by atoms with Gasteiger partial charge in [0.15, 0.2) is 0 Å². The summed E-state index contributed by atoms with van der Waals surface area (Å²) in [4.78, 5) is 7.58. The van der Waals surface area contributed by atoms with Gasteiger partial charge in [0.2, 0.25) is 0 Å².